The first-order valence-electron chi connectivity index (χ1n) is 8.17. The van der Waals surface area contributed by atoms with Crippen LogP contribution < -0.4 is 5.32 Å². The fraction of sp³-hybridized carbons (Fsp3) is 0.100. The lowest BCUT2D eigenvalue weighted by Crippen LogP contribution is -2.09. The summed E-state index contributed by atoms with van der Waals surface area (Å²) in [5.41, 5.74) is 1.66. The second kappa shape index (κ2) is 8.00. The molecule has 140 valence electrons. The Morgan fingerprint density at radius 3 is 2.33 bits per heavy atom. The highest BCUT2D eigenvalue weighted by Crippen LogP contribution is 2.27. The Labute approximate surface area is 162 Å². The second-order valence-corrected chi connectivity index (χ2v) is 8.27. The molecule has 0 aliphatic heterocycles. The second-order valence-electron chi connectivity index (χ2n) is 5.92. The van der Waals surface area contributed by atoms with Crippen LogP contribution >= 0.6 is 11.6 Å². The number of aliphatic hydroxyl groups excluding tert-OH is 1. The fourth-order valence-electron chi connectivity index (χ4n) is 2.67. The minimum atomic E-state index is -3.69. The quantitative estimate of drug-likeness (QED) is 0.542. The average molecular weight is 404 g/mol. The van der Waals surface area contributed by atoms with Crippen LogP contribution in [-0.4, -0.2) is 18.6 Å². The summed E-state index contributed by atoms with van der Waals surface area (Å²) in [4.78, 5) is 0.382. The van der Waals surface area contributed by atoms with E-state index < -0.39 is 9.84 Å². The molecule has 0 aromatic heterocycles. The normalized spacial score (nSPS) is 11.3. The molecule has 3 aromatic carbocycles. The highest BCUT2D eigenvalue weighted by atomic mass is 35.5. The van der Waals surface area contributed by atoms with Crippen molar-refractivity contribution in [1.29, 1.82) is 0 Å². The standard InChI is InChI=1S/C20H18ClNO4S/c21-16-5-8-18(9-6-16)27(25,26)20-4-2-1-3-14(20)12-22-17-7-10-19(24)15(11-17)13-23/h1-11,22-24H,12-13H2. The number of halogens is 1. The number of hydrogen-bond donors (Lipinski definition) is 3. The molecule has 0 radical (unpaired) electrons. The van der Waals surface area contributed by atoms with Crippen molar-refractivity contribution < 1.29 is 18.6 Å². The molecule has 0 bridgehead atoms. The van der Waals surface area contributed by atoms with Gasteiger partial charge in [0.1, 0.15) is 5.75 Å². The van der Waals surface area contributed by atoms with Gasteiger partial charge in [-0.2, -0.15) is 0 Å². The maximum Gasteiger partial charge on any atom is 0.206 e. The summed E-state index contributed by atoms with van der Waals surface area (Å²) in [5, 5.41) is 22.5. The van der Waals surface area contributed by atoms with Gasteiger partial charge in [-0.05, 0) is 54.1 Å². The van der Waals surface area contributed by atoms with E-state index >= 15 is 0 Å². The molecule has 0 aliphatic rings. The molecule has 0 heterocycles. The molecule has 5 nitrogen and oxygen atoms in total. The van der Waals surface area contributed by atoms with E-state index in [2.05, 4.69) is 5.32 Å². The maximum atomic E-state index is 13.0. The largest absolute Gasteiger partial charge is 0.508 e. The van der Waals surface area contributed by atoms with Crippen molar-refractivity contribution in [1.82, 2.24) is 0 Å². The zero-order chi connectivity index (χ0) is 19.4. The van der Waals surface area contributed by atoms with Crippen molar-refractivity contribution in [2.45, 2.75) is 22.9 Å². The predicted molar refractivity (Wildman–Crippen MR) is 105 cm³/mol. The fourth-order valence-corrected chi connectivity index (χ4v) is 4.29. The van der Waals surface area contributed by atoms with Crippen LogP contribution in [-0.2, 0) is 23.0 Å². The van der Waals surface area contributed by atoms with Crippen molar-refractivity contribution in [2.75, 3.05) is 5.32 Å². The summed E-state index contributed by atoms with van der Waals surface area (Å²) in [6.07, 6.45) is 0. The molecule has 3 N–H and O–H groups in total. The van der Waals surface area contributed by atoms with E-state index in [9.17, 15) is 18.6 Å². The number of benzene rings is 3. The van der Waals surface area contributed by atoms with Gasteiger partial charge in [0.05, 0.1) is 16.4 Å². The number of aliphatic hydroxyl groups is 1. The van der Waals surface area contributed by atoms with E-state index in [0.717, 1.165) is 0 Å². The average Bonchev–Trinajstić information content (AvgIpc) is 2.68. The van der Waals surface area contributed by atoms with Crippen LogP contribution in [0, 0.1) is 0 Å². The monoisotopic (exact) mass is 403 g/mol. The zero-order valence-electron chi connectivity index (χ0n) is 14.3. The molecule has 7 heteroatoms. The van der Waals surface area contributed by atoms with Gasteiger partial charge in [-0.1, -0.05) is 29.8 Å². The van der Waals surface area contributed by atoms with Gasteiger partial charge in [-0.15, -0.1) is 0 Å². The SMILES string of the molecule is O=S(=O)(c1ccc(Cl)cc1)c1ccccc1CNc1ccc(O)c(CO)c1. The van der Waals surface area contributed by atoms with Gasteiger partial charge in [0.2, 0.25) is 9.84 Å². The van der Waals surface area contributed by atoms with Gasteiger partial charge in [-0.3, -0.25) is 0 Å². The maximum absolute atomic E-state index is 13.0. The van der Waals surface area contributed by atoms with E-state index in [-0.39, 0.29) is 28.7 Å². The first kappa shape index (κ1) is 19.2. The smallest absolute Gasteiger partial charge is 0.206 e. The van der Waals surface area contributed by atoms with Gasteiger partial charge in [0, 0.05) is 22.8 Å². The molecule has 0 atom stereocenters. The van der Waals surface area contributed by atoms with E-state index in [1.165, 1.54) is 18.2 Å². The lowest BCUT2D eigenvalue weighted by Gasteiger charge is -2.13. The van der Waals surface area contributed by atoms with Crippen molar-refractivity contribution >= 4 is 27.1 Å². The molecule has 0 unspecified atom stereocenters. The molecule has 0 amide bonds. The minimum absolute atomic E-state index is 0.00812. The number of hydrogen-bond acceptors (Lipinski definition) is 5. The lowest BCUT2D eigenvalue weighted by molar-refractivity contribution is 0.275. The summed E-state index contributed by atoms with van der Waals surface area (Å²) < 4.78 is 26.0. The summed E-state index contributed by atoms with van der Waals surface area (Å²) in [7, 11) is -3.69. The van der Waals surface area contributed by atoms with E-state index in [0.29, 0.717) is 21.8 Å². The first-order valence-corrected chi connectivity index (χ1v) is 10.0. The molecular weight excluding hydrogens is 386 g/mol. The van der Waals surface area contributed by atoms with Crippen LogP contribution in [0.25, 0.3) is 0 Å². The van der Waals surface area contributed by atoms with Crippen molar-refractivity contribution in [2.24, 2.45) is 0 Å². The van der Waals surface area contributed by atoms with Gasteiger partial charge < -0.3 is 15.5 Å². The third-order valence-electron chi connectivity index (χ3n) is 4.12. The number of aromatic hydroxyl groups is 1. The minimum Gasteiger partial charge on any atom is -0.508 e. The summed E-state index contributed by atoms with van der Waals surface area (Å²) >= 11 is 5.85. The summed E-state index contributed by atoms with van der Waals surface area (Å²) in [6, 6.07) is 17.6. The van der Waals surface area contributed by atoms with Crippen LogP contribution in [0.4, 0.5) is 5.69 Å². The van der Waals surface area contributed by atoms with Gasteiger partial charge in [-0.25, -0.2) is 8.42 Å². The molecular formula is C20H18ClNO4S. The molecule has 3 aromatic rings. The molecule has 3 rings (SSSR count). The third-order valence-corrected chi connectivity index (χ3v) is 6.24. The van der Waals surface area contributed by atoms with Gasteiger partial charge >= 0.3 is 0 Å². The number of sulfone groups is 1. The van der Waals surface area contributed by atoms with Crippen LogP contribution in [0.15, 0.2) is 76.5 Å². The molecule has 0 fully saturated rings. The number of phenols is 1. The van der Waals surface area contributed by atoms with Crippen molar-refractivity contribution in [3.63, 3.8) is 0 Å². The topological polar surface area (TPSA) is 86.6 Å². The highest BCUT2D eigenvalue weighted by Gasteiger charge is 2.20. The van der Waals surface area contributed by atoms with Gasteiger partial charge in [0.15, 0.2) is 0 Å². The van der Waals surface area contributed by atoms with Crippen LogP contribution in [0.3, 0.4) is 0 Å². The Kier molecular flexibility index (Phi) is 5.70. The molecule has 0 saturated heterocycles. The molecule has 0 aliphatic carbocycles. The summed E-state index contributed by atoms with van der Waals surface area (Å²) in [5.74, 6) is 0.00812. The Hall–Kier alpha value is -2.54. The van der Waals surface area contributed by atoms with E-state index in [1.54, 1.807) is 48.5 Å². The number of nitrogens with one attached hydrogen (secondary N) is 1. The first-order chi connectivity index (χ1) is 12.9. The molecule has 0 saturated carbocycles. The number of rotatable bonds is 6. The highest BCUT2D eigenvalue weighted by molar-refractivity contribution is 7.91. The van der Waals surface area contributed by atoms with Crippen LogP contribution in [0.2, 0.25) is 5.02 Å². The van der Waals surface area contributed by atoms with E-state index in [1.807, 2.05) is 0 Å². The Bertz CT molecular complexity index is 1050. The van der Waals surface area contributed by atoms with Crippen molar-refractivity contribution in [3.8, 4) is 5.75 Å². The van der Waals surface area contributed by atoms with Crippen molar-refractivity contribution in [3.05, 3.63) is 82.9 Å². The Morgan fingerprint density at radius 1 is 0.926 bits per heavy atom. The Morgan fingerprint density at radius 2 is 1.63 bits per heavy atom. The van der Waals surface area contributed by atoms with Crippen LogP contribution in [0.5, 0.6) is 5.75 Å². The molecule has 0 spiro atoms. The Balaban J connectivity index is 1.89. The van der Waals surface area contributed by atoms with Crippen LogP contribution in [0.1, 0.15) is 11.1 Å². The lowest BCUT2D eigenvalue weighted by atomic mass is 10.1. The number of anilines is 1. The predicted octanol–water partition coefficient (Wildman–Crippen LogP) is 3.98. The molecule has 27 heavy (non-hydrogen) atoms. The van der Waals surface area contributed by atoms with Gasteiger partial charge in [0.25, 0.3) is 0 Å². The van der Waals surface area contributed by atoms with E-state index in [4.69, 9.17) is 11.6 Å². The summed E-state index contributed by atoms with van der Waals surface area (Å²) in [6.45, 7) is -0.0263. The third kappa shape index (κ3) is 4.24. The zero-order valence-corrected chi connectivity index (χ0v) is 15.8.